The fourth-order valence-corrected chi connectivity index (χ4v) is 5.29. The largest absolute Gasteiger partial charge is 0.480 e. The van der Waals surface area contributed by atoms with Gasteiger partial charge in [0.1, 0.15) is 6.04 Å². The third-order valence-corrected chi connectivity index (χ3v) is 7.12. The van der Waals surface area contributed by atoms with E-state index in [1.54, 1.807) is 18.2 Å². The zero-order valence-corrected chi connectivity index (χ0v) is 17.6. The third-order valence-electron chi connectivity index (χ3n) is 5.30. The molecular formula is C22H26N2O5S. The minimum Gasteiger partial charge on any atom is -0.480 e. The SMILES string of the molecule is CCCC[C@@H](C(=O)O)N(C(=O)[C@@H]1Cc2ccccc2CN1)S(=O)(=O)c1ccccc1. The molecular weight excluding hydrogens is 404 g/mol. The van der Waals surface area contributed by atoms with Crippen molar-refractivity contribution in [1.29, 1.82) is 0 Å². The molecule has 2 atom stereocenters. The van der Waals surface area contributed by atoms with Crippen molar-refractivity contribution in [3.63, 3.8) is 0 Å². The number of benzene rings is 2. The topological polar surface area (TPSA) is 104 Å². The number of nitrogens with zero attached hydrogens (tertiary/aromatic N) is 1. The maximum Gasteiger partial charge on any atom is 0.327 e. The van der Waals surface area contributed by atoms with Crippen molar-refractivity contribution >= 4 is 21.9 Å². The Morgan fingerprint density at radius 3 is 2.37 bits per heavy atom. The van der Waals surface area contributed by atoms with E-state index in [9.17, 15) is 23.1 Å². The third kappa shape index (κ3) is 4.55. The summed E-state index contributed by atoms with van der Waals surface area (Å²) in [6.07, 6.45) is 1.54. The number of hydrogen-bond acceptors (Lipinski definition) is 5. The lowest BCUT2D eigenvalue weighted by atomic mass is 9.95. The lowest BCUT2D eigenvalue weighted by molar-refractivity contribution is -0.147. The predicted octanol–water partition coefficient (Wildman–Crippen LogP) is 2.56. The summed E-state index contributed by atoms with van der Waals surface area (Å²) in [5.74, 6) is -2.07. The number of carbonyl (C=O) groups is 2. The number of amides is 1. The average molecular weight is 431 g/mol. The number of nitrogens with one attached hydrogen (secondary N) is 1. The molecule has 160 valence electrons. The molecule has 1 amide bonds. The van der Waals surface area contributed by atoms with E-state index in [0.717, 1.165) is 11.1 Å². The summed E-state index contributed by atoms with van der Waals surface area (Å²) in [6.45, 7) is 2.30. The summed E-state index contributed by atoms with van der Waals surface area (Å²) in [6, 6.07) is 12.8. The Hall–Kier alpha value is -2.71. The van der Waals surface area contributed by atoms with Gasteiger partial charge >= 0.3 is 5.97 Å². The van der Waals surface area contributed by atoms with E-state index in [1.807, 2.05) is 31.2 Å². The highest BCUT2D eigenvalue weighted by Crippen LogP contribution is 2.25. The number of carboxylic acid groups (broad SMARTS) is 1. The molecule has 2 aromatic carbocycles. The fraction of sp³-hybridized carbons (Fsp3) is 0.364. The van der Waals surface area contributed by atoms with Crippen molar-refractivity contribution in [2.24, 2.45) is 0 Å². The lowest BCUT2D eigenvalue weighted by Crippen LogP contribution is -2.56. The van der Waals surface area contributed by atoms with Gasteiger partial charge in [-0.2, -0.15) is 0 Å². The minimum absolute atomic E-state index is 0.0624. The van der Waals surface area contributed by atoms with E-state index in [4.69, 9.17) is 0 Å². The van der Waals surface area contributed by atoms with Crippen LogP contribution in [0.1, 0.15) is 37.3 Å². The summed E-state index contributed by atoms with van der Waals surface area (Å²) in [7, 11) is -4.34. The summed E-state index contributed by atoms with van der Waals surface area (Å²) in [5, 5.41) is 12.9. The van der Waals surface area contributed by atoms with Crippen LogP contribution < -0.4 is 5.32 Å². The van der Waals surface area contributed by atoms with Crippen LogP contribution in [0.4, 0.5) is 0 Å². The van der Waals surface area contributed by atoms with Gasteiger partial charge in [-0.15, -0.1) is 0 Å². The molecule has 0 fully saturated rings. The first kappa shape index (κ1) is 22.0. The first-order valence-electron chi connectivity index (χ1n) is 10.0. The van der Waals surface area contributed by atoms with Gasteiger partial charge in [0.25, 0.3) is 15.9 Å². The van der Waals surface area contributed by atoms with Gasteiger partial charge in [0.15, 0.2) is 0 Å². The number of aliphatic carboxylic acids is 1. The van der Waals surface area contributed by atoms with Crippen LogP contribution in [0.2, 0.25) is 0 Å². The second-order valence-electron chi connectivity index (χ2n) is 7.35. The van der Waals surface area contributed by atoms with Crippen LogP contribution in [0.15, 0.2) is 59.5 Å². The second kappa shape index (κ2) is 9.40. The summed E-state index contributed by atoms with van der Waals surface area (Å²) in [4.78, 5) is 25.4. The minimum atomic E-state index is -4.34. The molecule has 0 radical (unpaired) electrons. The van der Waals surface area contributed by atoms with Crippen LogP contribution in [0.5, 0.6) is 0 Å². The number of fused-ring (bicyclic) bond motifs is 1. The van der Waals surface area contributed by atoms with Crippen LogP contribution in [0.25, 0.3) is 0 Å². The molecule has 0 saturated carbocycles. The molecule has 1 heterocycles. The van der Waals surface area contributed by atoms with Crippen molar-refractivity contribution in [2.75, 3.05) is 0 Å². The smallest absolute Gasteiger partial charge is 0.327 e. The molecule has 2 N–H and O–H groups in total. The Morgan fingerprint density at radius 1 is 1.10 bits per heavy atom. The van der Waals surface area contributed by atoms with Crippen molar-refractivity contribution < 1.29 is 23.1 Å². The van der Waals surface area contributed by atoms with Crippen LogP contribution in [-0.4, -0.2) is 41.8 Å². The van der Waals surface area contributed by atoms with Gasteiger partial charge in [0.05, 0.1) is 10.9 Å². The second-order valence-corrected chi connectivity index (χ2v) is 9.17. The predicted molar refractivity (Wildman–Crippen MR) is 112 cm³/mol. The van der Waals surface area contributed by atoms with E-state index in [2.05, 4.69) is 5.32 Å². The summed E-state index contributed by atoms with van der Waals surface area (Å²) < 4.78 is 27.4. The first-order valence-corrected chi connectivity index (χ1v) is 11.5. The maximum atomic E-state index is 13.5. The zero-order chi connectivity index (χ0) is 21.7. The zero-order valence-electron chi connectivity index (χ0n) is 16.8. The molecule has 0 unspecified atom stereocenters. The van der Waals surface area contributed by atoms with Crippen LogP contribution >= 0.6 is 0 Å². The Bertz CT molecular complexity index is 1010. The molecule has 0 spiro atoms. The molecule has 0 aromatic heterocycles. The summed E-state index contributed by atoms with van der Waals surface area (Å²) in [5.41, 5.74) is 1.99. The van der Waals surface area contributed by atoms with Gasteiger partial charge in [0, 0.05) is 6.54 Å². The number of hydrogen-bond donors (Lipinski definition) is 2. The molecule has 1 aliphatic heterocycles. The Balaban J connectivity index is 2.00. The molecule has 0 aliphatic carbocycles. The highest BCUT2D eigenvalue weighted by atomic mass is 32.2. The quantitative estimate of drug-likeness (QED) is 0.667. The highest BCUT2D eigenvalue weighted by molar-refractivity contribution is 7.89. The van der Waals surface area contributed by atoms with E-state index in [-0.39, 0.29) is 11.3 Å². The van der Waals surface area contributed by atoms with Crippen molar-refractivity contribution in [3.8, 4) is 0 Å². The van der Waals surface area contributed by atoms with Gasteiger partial charge in [-0.25, -0.2) is 17.5 Å². The number of rotatable bonds is 8. The molecule has 0 saturated heterocycles. The molecule has 8 heteroatoms. The molecule has 7 nitrogen and oxygen atoms in total. The van der Waals surface area contributed by atoms with Crippen LogP contribution in [0, 0.1) is 0 Å². The normalized spacial score (nSPS) is 17.0. The van der Waals surface area contributed by atoms with E-state index in [0.29, 0.717) is 30.1 Å². The van der Waals surface area contributed by atoms with Crippen LogP contribution in [-0.2, 0) is 32.6 Å². The van der Waals surface area contributed by atoms with Gasteiger partial charge in [-0.05, 0) is 36.1 Å². The van der Waals surface area contributed by atoms with Crippen molar-refractivity contribution in [2.45, 2.75) is 56.1 Å². The molecule has 1 aliphatic rings. The average Bonchev–Trinajstić information content (AvgIpc) is 2.76. The monoisotopic (exact) mass is 430 g/mol. The van der Waals surface area contributed by atoms with E-state index >= 15 is 0 Å². The van der Waals surface area contributed by atoms with Gasteiger partial charge in [-0.1, -0.05) is 62.2 Å². The standard InChI is InChI=1S/C22H26N2O5S/c1-2-3-13-20(22(26)27)24(30(28,29)18-11-5-4-6-12-18)21(25)19-14-16-9-7-8-10-17(16)15-23-19/h4-12,19-20,23H,2-3,13-15H2,1H3,(H,26,27)/t19-,20-/m0/s1. The number of carbonyl (C=O) groups excluding carboxylic acids is 1. The number of carboxylic acids is 1. The van der Waals surface area contributed by atoms with Gasteiger partial charge in [-0.3, -0.25) is 4.79 Å². The van der Waals surface area contributed by atoms with Gasteiger partial charge < -0.3 is 10.4 Å². The van der Waals surface area contributed by atoms with Crippen molar-refractivity contribution in [3.05, 3.63) is 65.7 Å². The lowest BCUT2D eigenvalue weighted by Gasteiger charge is -2.33. The van der Waals surface area contributed by atoms with Gasteiger partial charge in [0.2, 0.25) is 0 Å². The highest BCUT2D eigenvalue weighted by Gasteiger charge is 2.42. The number of sulfonamides is 1. The Morgan fingerprint density at radius 2 is 1.73 bits per heavy atom. The molecule has 2 aromatic rings. The first-order chi connectivity index (χ1) is 14.4. The van der Waals surface area contributed by atoms with E-state index in [1.165, 1.54) is 12.1 Å². The fourth-order valence-electron chi connectivity index (χ4n) is 3.67. The molecule has 0 bridgehead atoms. The summed E-state index contributed by atoms with van der Waals surface area (Å²) >= 11 is 0. The maximum absolute atomic E-state index is 13.5. The van der Waals surface area contributed by atoms with E-state index < -0.39 is 34.0 Å². The Labute approximate surface area is 176 Å². The number of unbranched alkanes of at least 4 members (excludes halogenated alkanes) is 1. The molecule has 3 rings (SSSR count). The van der Waals surface area contributed by atoms with Crippen molar-refractivity contribution in [1.82, 2.24) is 9.62 Å². The van der Waals surface area contributed by atoms with Crippen LogP contribution in [0.3, 0.4) is 0 Å². The Kier molecular flexibility index (Phi) is 6.89. The molecule has 30 heavy (non-hydrogen) atoms.